The Kier molecular flexibility index (Phi) is 5.15. The largest absolute Gasteiger partial charge is 0.504 e. The van der Waals surface area contributed by atoms with Gasteiger partial charge in [-0.3, -0.25) is 9.59 Å². The van der Waals surface area contributed by atoms with Gasteiger partial charge in [0, 0.05) is 0 Å². The maximum absolute atomic E-state index is 11.7. The molecule has 1 amide bonds. The monoisotopic (exact) mass is 296 g/mol. The molecule has 116 valence electrons. The Morgan fingerprint density at radius 3 is 2.33 bits per heavy atom. The van der Waals surface area contributed by atoms with Crippen LogP contribution in [0, 0.1) is 11.3 Å². The molecule has 0 radical (unpaired) electrons. The Hall–Kier alpha value is -2.28. The van der Waals surface area contributed by atoms with Gasteiger partial charge in [0.25, 0.3) is 0 Å². The van der Waals surface area contributed by atoms with Crippen molar-refractivity contribution in [3.63, 3.8) is 0 Å². The third-order valence-corrected chi connectivity index (χ3v) is 3.77. The Morgan fingerprint density at radius 1 is 1.29 bits per heavy atom. The molecule has 0 aliphatic rings. The molecule has 2 atom stereocenters. The molecule has 0 saturated heterocycles. The van der Waals surface area contributed by atoms with Crippen LogP contribution in [-0.4, -0.2) is 33.7 Å². The second kappa shape index (κ2) is 6.45. The van der Waals surface area contributed by atoms with Crippen LogP contribution in [0.2, 0.25) is 0 Å². The minimum absolute atomic E-state index is 0.0113. The molecule has 7 heteroatoms. The quantitative estimate of drug-likeness (QED) is 0.453. The van der Waals surface area contributed by atoms with Crippen molar-refractivity contribution in [1.82, 2.24) is 0 Å². The van der Waals surface area contributed by atoms with Gasteiger partial charge >= 0.3 is 5.97 Å². The highest BCUT2D eigenvalue weighted by Gasteiger charge is 2.43. The zero-order valence-corrected chi connectivity index (χ0v) is 11.7. The summed E-state index contributed by atoms with van der Waals surface area (Å²) in [5.74, 6) is -3.63. The number of rotatable bonds is 7. The van der Waals surface area contributed by atoms with Gasteiger partial charge in [-0.1, -0.05) is 6.07 Å². The van der Waals surface area contributed by atoms with E-state index in [0.29, 0.717) is 5.56 Å². The number of carbonyl (C=O) groups is 2. The lowest BCUT2D eigenvalue weighted by Gasteiger charge is -2.32. The molecule has 0 heterocycles. The van der Waals surface area contributed by atoms with Gasteiger partial charge in [0.15, 0.2) is 11.5 Å². The summed E-state index contributed by atoms with van der Waals surface area (Å²) in [6.07, 6.45) is 0.131. The fourth-order valence-corrected chi connectivity index (χ4v) is 2.29. The standard InChI is InChI=1S/C14H20N2O5/c1-14(4-5-15,13(16)21)9(12(19)20)6-8-2-3-10(17)11(18)7-8/h2-3,7,9,17-18H,4-6,15H2,1H3,(H2,16,21)(H,19,20). The van der Waals surface area contributed by atoms with Gasteiger partial charge in [0.05, 0.1) is 11.3 Å². The number of aliphatic carboxylic acids is 1. The minimum atomic E-state index is -1.30. The normalized spacial score (nSPS) is 15.1. The Labute approximate surface area is 122 Å². The Balaban J connectivity index is 3.14. The van der Waals surface area contributed by atoms with E-state index in [4.69, 9.17) is 11.5 Å². The number of carboxylic acid groups (broad SMARTS) is 1. The van der Waals surface area contributed by atoms with Gasteiger partial charge in [-0.2, -0.15) is 0 Å². The first-order valence-electron chi connectivity index (χ1n) is 6.46. The number of amides is 1. The fraction of sp³-hybridized carbons (Fsp3) is 0.429. The lowest BCUT2D eigenvalue weighted by atomic mass is 9.71. The molecule has 0 bridgehead atoms. The van der Waals surface area contributed by atoms with E-state index in [1.165, 1.54) is 25.1 Å². The number of benzene rings is 1. The average Bonchev–Trinajstić information content (AvgIpc) is 2.39. The summed E-state index contributed by atoms with van der Waals surface area (Å²) in [6, 6.07) is 4.00. The van der Waals surface area contributed by atoms with Crippen LogP contribution in [0.3, 0.4) is 0 Å². The molecule has 2 unspecified atom stereocenters. The van der Waals surface area contributed by atoms with E-state index in [0.717, 1.165) is 0 Å². The summed E-state index contributed by atoms with van der Waals surface area (Å²) in [4.78, 5) is 23.2. The maximum atomic E-state index is 11.7. The van der Waals surface area contributed by atoms with Crippen LogP contribution >= 0.6 is 0 Å². The average molecular weight is 296 g/mol. The predicted octanol–water partition coefficient (Wildman–Crippen LogP) is 0.182. The van der Waals surface area contributed by atoms with Crippen molar-refractivity contribution in [3.8, 4) is 11.5 Å². The van der Waals surface area contributed by atoms with E-state index < -0.39 is 23.2 Å². The molecule has 7 N–H and O–H groups in total. The number of carboxylic acids is 1. The third kappa shape index (κ3) is 3.63. The smallest absolute Gasteiger partial charge is 0.307 e. The van der Waals surface area contributed by atoms with Crippen molar-refractivity contribution >= 4 is 11.9 Å². The van der Waals surface area contributed by atoms with Gasteiger partial charge in [-0.05, 0) is 44.0 Å². The van der Waals surface area contributed by atoms with Crippen molar-refractivity contribution in [2.75, 3.05) is 6.54 Å². The van der Waals surface area contributed by atoms with E-state index in [1.807, 2.05) is 0 Å². The molecule has 0 saturated carbocycles. The fourth-order valence-electron chi connectivity index (χ4n) is 2.29. The molecule has 1 rings (SSSR count). The van der Waals surface area contributed by atoms with Gasteiger partial charge in [0.1, 0.15) is 0 Å². The van der Waals surface area contributed by atoms with Crippen LogP contribution in [0.15, 0.2) is 18.2 Å². The van der Waals surface area contributed by atoms with E-state index in [9.17, 15) is 24.9 Å². The summed E-state index contributed by atoms with van der Waals surface area (Å²) < 4.78 is 0. The number of phenolic OH excluding ortho intramolecular Hbond substituents is 2. The number of aromatic hydroxyl groups is 2. The third-order valence-electron chi connectivity index (χ3n) is 3.77. The molecule has 7 nitrogen and oxygen atoms in total. The van der Waals surface area contributed by atoms with Gasteiger partial charge in [-0.15, -0.1) is 0 Å². The first kappa shape index (κ1) is 16.8. The van der Waals surface area contributed by atoms with Crippen molar-refractivity contribution in [2.45, 2.75) is 19.8 Å². The highest BCUT2D eigenvalue weighted by molar-refractivity contribution is 5.87. The number of primary amides is 1. The first-order chi connectivity index (χ1) is 9.72. The molecule has 0 aromatic heterocycles. The SMILES string of the molecule is CC(CCN)(C(N)=O)C(Cc1ccc(O)c(O)c1)C(=O)O. The number of phenols is 2. The Bertz CT molecular complexity index is 546. The number of hydrogen-bond acceptors (Lipinski definition) is 5. The lowest BCUT2D eigenvalue weighted by molar-refractivity contribution is -0.151. The topological polar surface area (TPSA) is 147 Å². The molecular formula is C14H20N2O5. The van der Waals surface area contributed by atoms with Crippen LogP contribution in [0.5, 0.6) is 11.5 Å². The first-order valence-corrected chi connectivity index (χ1v) is 6.46. The minimum Gasteiger partial charge on any atom is -0.504 e. The highest BCUT2D eigenvalue weighted by atomic mass is 16.4. The molecule has 0 spiro atoms. The molecule has 0 aliphatic heterocycles. The predicted molar refractivity (Wildman–Crippen MR) is 75.6 cm³/mol. The molecular weight excluding hydrogens is 276 g/mol. The van der Waals surface area contributed by atoms with Crippen molar-refractivity contribution < 1.29 is 24.9 Å². The van der Waals surface area contributed by atoms with Crippen LogP contribution in [-0.2, 0) is 16.0 Å². The maximum Gasteiger partial charge on any atom is 0.307 e. The lowest BCUT2D eigenvalue weighted by Crippen LogP contribution is -2.46. The second-order valence-corrected chi connectivity index (χ2v) is 5.24. The summed E-state index contributed by atoms with van der Waals surface area (Å²) in [5.41, 5.74) is 9.99. The summed E-state index contributed by atoms with van der Waals surface area (Å²) in [7, 11) is 0. The molecule has 0 aliphatic carbocycles. The van der Waals surface area contributed by atoms with Gasteiger partial charge in [-0.25, -0.2) is 0 Å². The summed E-state index contributed by atoms with van der Waals surface area (Å²) in [6.45, 7) is 1.60. The molecule has 21 heavy (non-hydrogen) atoms. The molecule has 0 fully saturated rings. The van der Waals surface area contributed by atoms with E-state index in [-0.39, 0.29) is 30.9 Å². The zero-order chi connectivity index (χ0) is 16.2. The molecule has 1 aromatic carbocycles. The Morgan fingerprint density at radius 2 is 1.90 bits per heavy atom. The van der Waals surface area contributed by atoms with Crippen LogP contribution in [0.4, 0.5) is 0 Å². The van der Waals surface area contributed by atoms with Crippen molar-refractivity contribution in [2.24, 2.45) is 22.8 Å². The number of nitrogens with two attached hydrogens (primary N) is 2. The van der Waals surface area contributed by atoms with E-state index in [1.54, 1.807) is 0 Å². The van der Waals surface area contributed by atoms with E-state index >= 15 is 0 Å². The van der Waals surface area contributed by atoms with Crippen LogP contribution in [0.25, 0.3) is 0 Å². The highest BCUT2D eigenvalue weighted by Crippen LogP contribution is 2.35. The van der Waals surface area contributed by atoms with Gasteiger partial charge < -0.3 is 26.8 Å². The van der Waals surface area contributed by atoms with Gasteiger partial charge in [0.2, 0.25) is 5.91 Å². The van der Waals surface area contributed by atoms with Crippen LogP contribution < -0.4 is 11.5 Å². The summed E-state index contributed by atoms with van der Waals surface area (Å²) in [5, 5.41) is 28.1. The van der Waals surface area contributed by atoms with Crippen molar-refractivity contribution in [3.05, 3.63) is 23.8 Å². The van der Waals surface area contributed by atoms with Crippen molar-refractivity contribution in [1.29, 1.82) is 0 Å². The second-order valence-electron chi connectivity index (χ2n) is 5.24. The number of hydrogen-bond donors (Lipinski definition) is 5. The van der Waals surface area contributed by atoms with Crippen LogP contribution in [0.1, 0.15) is 18.9 Å². The molecule has 1 aromatic rings. The number of carbonyl (C=O) groups excluding carboxylic acids is 1. The summed E-state index contributed by atoms with van der Waals surface area (Å²) >= 11 is 0. The zero-order valence-electron chi connectivity index (χ0n) is 11.7. The van der Waals surface area contributed by atoms with E-state index in [2.05, 4.69) is 0 Å².